The van der Waals surface area contributed by atoms with Crippen LogP contribution in [0.1, 0.15) is 0 Å². The third-order valence-electron chi connectivity index (χ3n) is 2.30. The number of nitrogens with one attached hydrogen (secondary N) is 1. The molecule has 0 heterocycles. The van der Waals surface area contributed by atoms with E-state index in [4.69, 9.17) is 0 Å². The van der Waals surface area contributed by atoms with Crippen molar-refractivity contribution in [3.8, 4) is 0 Å². The molecule has 0 aliphatic carbocycles. The second kappa shape index (κ2) is 5.31. The molecular weight excluding hydrogens is 322 g/mol. The topological polar surface area (TPSA) is 55.2 Å². The van der Waals surface area contributed by atoms with Gasteiger partial charge in [0.1, 0.15) is 11.6 Å². The summed E-state index contributed by atoms with van der Waals surface area (Å²) in [5, 5.41) is 13.3. The molecule has 1 N–H and O–H groups in total. The number of hydrogen-bond acceptors (Lipinski definition) is 3. The molecule has 4 nitrogen and oxygen atoms in total. The van der Waals surface area contributed by atoms with Gasteiger partial charge in [0.15, 0.2) is 0 Å². The Morgan fingerprint density at radius 3 is 2.53 bits per heavy atom. The second-order valence-corrected chi connectivity index (χ2v) is 4.56. The van der Waals surface area contributed by atoms with Gasteiger partial charge in [0, 0.05) is 16.2 Å². The first-order valence-electron chi connectivity index (χ1n) is 5.13. The van der Waals surface area contributed by atoms with Crippen molar-refractivity contribution in [2.24, 2.45) is 0 Å². The maximum Gasteiger partial charge on any atom is 0.274 e. The molecule has 0 unspecified atom stereocenters. The van der Waals surface area contributed by atoms with Crippen LogP contribution in [0, 0.1) is 21.7 Å². The highest BCUT2D eigenvalue weighted by Gasteiger charge is 2.11. The number of nitro benzene ring substituents is 1. The van der Waals surface area contributed by atoms with Crippen LogP contribution in [-0.4, -0.2) is 4.92 Å². The Morgan fingerprint density at radius 1 is 1.11 bits per heavy atom. The van der Waals surface area contributed by atoms with E-state index in [9.17, 15) is 18.9 Å². The summed E-state index contributed by atoms with van der Waals surface area (Å²) in [4.78, 5) is 9.92. The van der Waals surface area contributed by atoms with Crippen molar-refractivity contribution in [3.63, 3.8) is 0 Å². The van der Waals surface area contributed by atoms with Crippen molar-refractivity contribution in [1.82, 2.24) is 0 Å². The SMILES string of the molecule is O=[N+]([O-])c1cc(F)cc(Nc2cc(F)ccc2Br)c1. The lowest BCUT2D eigenvalue weighted by Crippen LogP contribution is -1.96. The van der Waals surface area contributed by atoms with E-state index in [1.165, 1.54) is 24.3 Å². The van der Waals surface area contributed by atoms with Gasteiger partial charge >= 0.3 is 0 Å². The Balaban J connectivity index is 2.38. The van der Waals surface area contributed by atoms with Crippen LogP contribution in [0.3, 0.4) is 0 Å². The molecule has 0 saturated carbocycles. The van der Waals surface area contributed by atoms with Crippen molar-refractivity contribution >= 4 is 33.0 Å². The molecule has 0 fully saturated rings. The quantitative estimate of drug-likeness (QED) is 0.672. The lowest BCUT2D eigenvalue weighted by molar-refractivity contribution is -0.385. The lowest BCUT2D eigenvalue weighted by atomic mass is 10.2. The van der Waals surface area contributed by atoms with Crippen molar-refractivity contribution in [3.05, 3.63) is 62.6 Å². The van der Waals surface area contributed by atoms with Gasteiger partial charge < -0.3 is 5.32 Å². The molecule has 0 aliphatic heterocycles. The highest BCUT2D eigenvalue weighted by atomic mass is 79.9. The van der Waals surface area contributed by atoms with Gasteiger partial charge in [-0.05, 0) is 40.2 Å². The summed E-state index contributed by atoms with van der Waals surface area (Å²) in [6.07, 6.45) is 0. The molecule has 2 aromatic carbocycles. The lowest BCUT2D eigenvalue weighted by Gasteiger charge is -2.08. The number of benzene rings is 2. The Kier molecular flexibility index (Phi) is 3.75. The van der Waals surface area contributed by atoms with Crippen LogP contribution in [0.2, 0.25) is 0 Å². The van der Waals surface area contributed by atoms with E-state index in [2.05, 4.69) is 21.2 Å². The largest absolute Gasteiger partial charge is 0.354 e. The Morgan fingerprint density at radius 2 is 1.84 bits per heavy atom. The molecule has 19 heavy (non-hydrogen) atoms. The molecule has 0 amide bonds. The fourth-order valence-electron chi connectivity index (χ4n) is 1.50. The smallest absolute Gasteiger partial charge is 0.274 e. The molecule has 98 valence electrons. The molecule has 2 rings (SSSR count). The van der Waals surface area contributed by atoms with Crippen LogP contribution in [0.25, 0.3) is 0 Å². The summed E-state index contributed by atoms with van der Waals surface area (Å²) >= 11 is 3.20. The van der Waals surface area contributed by atoms with Gasteiger partial charge in [-0.2, -0.15) is 0 Å². The van der Waals surface area contributed by atoms with Crippen molar-refractivity contribution in [2.75, 3.05) is 5.32 Å². The summed E-state index contributed by atoms with van der Waals surface area (Å²) in [7, 11) is 0. The third kappa shape index (κ3) is 3.25. The normalized spacial score (nSPS) is 10.3. The van der Waals surface area contributed by atoms with E-state index in [1.807, 2.05) is 0 Å². The number of nitrogens with zero attached hydrogens (tertiary/aromatic N) is 1. The Bertz CT molecular complexity index is 650. The van der Waals surface area contributed by atoms with Gasteiger partial charge in [0.2, 0.25) is 0 Å². The molecule has 7 heteroatoms. The molecule has 0 radical (unpaired) electrons. The van der Waals surface area contributed by atoms with Gasteiger partial charge in [0.05, 0.1) is 16.7 Å². The minimum absolute atomic E-state index is 0.165. The Hall–Kier alpha value is -2.02. The number of halogens is 3. The Labute approximate surface area is 115 Å². The summed E-state index contributed by atoms with van der Waals surface area (Å²) in [5.74, 6) is -1.22. The number of anilines is 2. The van der Waals surface area contributed by atoms with Crippen LogP contribution in [0.4, 0.5) is 25.8 Å². The zero-order valence-corrected chi connectivity index (χ0v) is 10.9. The van der Waals surface area contributed by atoms with Crippen LogP contribution < -0.4 is 5.32 Å². The molecule has 0 aromatic heterocycles. The highest BCUT2D eigenvalue weighted by Crippen LogP contribution is 2.28. The first kappa shape index (κ1) is 13.4. The summed E-state index contributed by atoms with van der Waals surface area (Å²) < 4.78 is 26.9. The van der Waals surface area contributed by atoms with Crippen molar-refractivity contribution < 1.29 is 13.7 Å². The molecule has 2 aromatic rings. The maximum absolute atomic E-state index is 13.2. The van der Waals surface area contributed by atoms with Gasteiger partial charge in [-0.3, -0.25) is 10.1 Å². The highest BCUT2D eigenvalue weighted by molar-refractivity contribution is 9.10. The zero-order chi connectivity index (χ0) is 14.0. The number of hydrogen-bond donors (Lipinski definition) is 1. The first-order chi connectivity index (χ1) is 8.95. The predicted molar refractivity (Wildman–Crippen MR) is 70.4 cm³/mol. The monoisotopic (exact) mass is 328 g/mol. The fraction of sp³-hybridized carbons (Fsp3) is 0. The number of rotatable bonds is 3. The van der Waals surface area contributed by atoms with Crippen molar-refractivity contribution in [1.29, 1.82) is 0 Å². The molecule has 0 saturated heterocycles. The van der Waals surface area contributed by atoms with Crippen molar-refractivity contribution in [2.45, 2.75) is 0 Å². The summed E-state index contributed by atoms with van der Waals surface area (Å²) in [6.45, 7) is 0. The third-order valence-corrected chi connectivity index (χ3v) is 2.99. The van der Waals surface area contributed by atoms with Gasteiger partial charge in [-0.25, -0.2) is 8.78 Å². The van der Waals surface area contributed by atoms with E-state index < -0.39 is 16.6 Å². The maximum atomic E-state index is 13.2. The standard InChI is InChI=1S/C12H7BrF2N2O2/c13-11-2-1-7(14)5-12(11)16-9-3-8(15)4-10(6-9)17(18)19/h1-6,16H. The predicted octanol–water partition coefficient (Wildman–Crippen LogP) is 4.38. The average molecular weight is 329 g/mol. The van der Waals surface area contributed by atoms with Crippen LogP contribution in [0.5, 0.6) is 0 Å². The number of non-ortho nitro benzene ring substituents is 1. The van der Waals surface area contributed by atoms with Crippen LogP contribution >= 0.6 is 15.9 Å². The van der Waals surface area contributed by atoms with E-state index in [0.717, 1.165) is 12.1 Å². The molecule has 0 bridgehead atoms. The number of nitro groups is 1. The molecule has 0 atom stereocenters. The zero-order valence-electron chi connectivity index (χ0n) is 9.36. The summed E-state index contributed by atoms with van der Waals surface area (Å²) in [5.41, 5.74) is 0.132. The minimum Gasteiger partial charge on any atom is -0.354 e. The summed E-state index contributed by atoms with van der Waals surface area (Å²) in [6, 6.07) is 6.99. The van der Waals surface area contributed by atoms with E-state index in [-0.39, 0.29) is 11.4 Å². The van der Waals surface area contributed by atoms with Gasteiger partial charge in [0.25, 0.3) is 5.69 Å². The fourth-order valence-corrected chi connectivity index (χ4v) is 1.85. The van der Waals surface area contributed by atoms with Crippen LogP contribution in [-0.2, 0) is 0 Å². The van der Waals surface area contributed by atoms with E-state index in [0.29, 0.717) is 10.2 Å². The molecular formula is C12H7BrF2N2O2. The average Bonchev–Trinajstić information content (AvgIpc) is 2.33. The van der Waals surface area contributed by atoms with Gasteiger partial charge in [-0.15, -0.1) is 0 Å². The van der Waals surface area contributed by atoms with E-state index >= 15 is 0 Å². The molecule has 0 spiro atoms. The van der Waals surface area contributed by atoms with Crippen LogP contribution in [0.15, 0.2) is 40.9 Å². The molecule has 0 aliphatic rings. The first-order valence-corrected chi connectivity index (χ1v) is 5.92. The second-order valence-electron chi connectivity index (χ2n) is 3.70. The van der Waals surface area contributed by atoms with E-state index in [1.54, 1.807) is 0 Å². The van der Waals surface area contributed by atoms with Gasteiger partial charge in [-0.1, -0.05) is 0 Å². The minimum atomic E-state index is -0.746.